The van der Waals surface area contributed by atoms with Crippen molar-refractivity contribution in [1.29, 1.82) is 0 Å². The molecule has 0 aliphatic heterocycles. The number of nitrogens with one attached hydrogen (secondary N) is 2. The van der Waals surface area contributed by atoms with E-state index in [9.17, 15) is 15.2 Å². The Kier molecular flexibility index (Phi) is 3.34. The molecule has 1 aromatic heterocycles. The van der Waals surface area contributed by atoms with Gasteiger partial charge < -0.3 is 15.7 Å². The minimum Gasteiger partial charge on any atom is -0.504 e. The zero-order valence-electron chi connectivity index (χ0n) is 7.72. The Balaban J connectivity index is 2.93. The number of aromatic nitrogens is 1. The smallest absolute Gasteiger partial charge is 0.291 e. The summed E-state index contributed by atoms with van der Waals surface area (Å²) in [5.74, 6) is -0.262. The minimum absolute atomic E-state index is 0.0694. The number of anilines is 1. The summed E-state index contributed by atoms with van der Waals surface area (Å²) in [6.07, 6.45) is 1.03. The molecule has 0 aliphatic rings. The predicted octanol–water partition coefficient (Wildman–Crippen LogP) is 0.612. The number of nitrogens with zero attached hydrogens (tertiary/aromatic N) is 2. The van der Waals surface area contributed by atoms with Gasteiger partial charge in [0.25, 0.3) is 5.69 Å². The molecule has 0 aromatic carbocycles. The van der Waals surface area contributed by atoms with Gasteiger partial charge in [0.05, 0.1) is 11.0 Å². The van der Waals surface area contributed by atoms with Crippen LogP contribution in [0.25, 0.3) is 0 Å². The first-order chi connectivity index (χ1) is 7.04. The van der Waals surface area contributed by atoms with Crippen molar-refractivity contribution < 1.29 is 10.0 Å². The fraction of sp³-hybridized carbons (Fsp3) is 0.143. The van der Waals surface area contributed by atoms with Gasteiger partial charge in [-0.3, -0.25) is 10.1 Å². The van der Waals surface area contributed by atoms with Crippen LogP contribution in [0.5, 0.6) is 5.75 Å². The highest BCUT2D eigenvalue weighted by atomic mass is 32.1. The van der Waals surface area contributed by atoms with Crippen molar-refractivity contribution in [3.05, 3.63) is 22.4 Å². The SMILES string of the molecule is CNC(=S)Nc1ncc([N+](=O)[O-])cc1O. The molecule has 1 heterocycles. The van der Waals surface area contributed by atoms with E-state index in [4.69, 9.17) is 12.2 Å². The van der Waals surface area contributed by atoms with Crippen LogP contribution in [0, 0.1) is 10.1 Å². The van der Waals surface area contributed by atoms with Crippen LogP contribution in [0.1, 0.15) is 0 Å². The monoisotopic (exact) mass is 228 g/mol. The minimum atomic E-state index is -0.646. The number of pyridine rings is 1. The molecule has 8 heteroatoms. The Hall–Kier alpha value is -1.96. The summed E-state index contributed by atoms with van der Waals surface area (Å²) in [5, 5.41) is 25.1. The molecule has 1 rings (SSSR count). The van der Waals surface area contributed by atoms with E-state index in [0.29, 0.717) is 0 Å². The van der Waals surface area contributed by atoms with Crippen molar-refractivity contribution in [3.8, 4) is 5.75 Å². The van der Waals surface area contributed by atoms with Crippen molar-refractivity contribution in [2.75, 3.05) is 12.4 Å². The number of thiocarbonyl (C=S) groups is 1. The fourth-order valence-electron chi connectivity index (χ4n) is 0.809. The number of hydrogen-bond acceptors (Lipinski definition) is 5. The first kappa shape index (κ1) is 11.1. The van der Waals surface area contributed by atoms with Gasteiger partial charge in [-0.15, -0.1) is 0 Å². The predicted molar refractivity (Wildman–Crippen MR) is 57.8 cm³/mol. The van der Waals surface area contributed by atoms with Crippen LogP contribution in [0.4, 0.5) is 11.5 Å². The van der Waals surface area contributed by atoms with E-state index in [1.807, 2.05) is 0 Å². The maximum Gasteiger partial charge on any atom is 0.291 e. The molecule has 0 spiro atoms. The van der Waals surface area contributed by atoms with Crippen molar-refractivity contribution in [2.24, 2.45) is 0 Å². The van der Waals surface area contributed by atoms with Gasteiger partial charge in [-0.05, 0) is 12.2 Å². The van der Waals surface area contributed by atoms with Gasteiger partial charge in [-0.25, -0.2) is 4.98 Å². The zero-order valence-corrected chi connectivity index (χ0v) is 8.54. The third kappa shape index (κ3) is 2.74. The van der Waals surface area contributed by atoms with Crippen LogP contribution in [0.3, 0.4) is 0 Å². The van der Waals surface area contributed by atoms with E-state index in [-0.39, 0.29) is 22.4 Å². The molecule has 0 bridgehead atoms. The Morgan fingerprint density at radius 1 is 1.73 bits per heavy atom. The van der Waals surface area contributed by atoms with Crippen LogP contribution < -0.4 is 10.6 Å². The molecule has 7 nitrogen and oxygen atoms in total. The Morgan fingerprint density at radius 3 is 2.87 bits per heavy atom. The third-order valence-corrected chi connectivity index (χ3v) is 1.83. The van der Waals surface area contributed by atoms with E-state index < -0.39 is 4.92 Å². The molecule has 0 fully saturated rings. The highest BCUT2D eigenvalue weighted by Gasteiger charge is 2.11. The summed E-state index contributed by atoms with van der Waals surface area (Å²) in [6, 6.07) is 0.994. The Bertz CT molecular complexity index is 409. The van der Waals surface area contributed by atoms with Gasteiger partial charge in [0.2, 0.25) is 0 Å². The van der Waals surface area contributed by atoms with Crippen molar-refractivity contribution in [3.63, 3.8) is 0 Å². The van der Waals surface area contributed by atoms with Crippen molar-refractivity contribution in [1.82, 2.24) is 10.3 Å². The van der Waals surface area contributed by atoms with E-state index in [0.717, 1.165) is 12.3 Å². The molecule has 0 saturated carbocycles. The summed E-state index contributed by atoms with van der Waals surface area (Å²) < 4.78 is 0. The second kappa shape index (κ2) is 4.51. The van der Waals surface area contributed by atoms with Crippen molar-refractivity contribution >= 4 is 28.8 Å². The second-order valence-corrected chi connectivity index (χ2v) is 2.93. The molecule has 1 aromatic rings. The molecular weight excluding hydrogens is 220 g/mol. The van der Waals surface area contributed by atoms with Gasteiger partial charge in [0.15, 0.2) is 16.7 Å². The van der Waals surface area contributed by atoms with Crippen LogP contribution in [0.15, 0.2) is 12.3 Å². The lowest BCUT2D eigenvalue weighted by molar-refractivity contribution is -0.385. The Labute approximate surface area is 90.3 Å². The largest absolute Gasteiger partial charge is 0.504 e. The third-order valence-electron chi connectivity index (χ3n) is 1.52. The molecule has 0 saturated heterocycles. The quantitative estimate of drug-likeness (QED) is 0.387. The van der Waals surface area contributed by atoms with Gasteiger partial charge in [0.1, 0.15) is 6.20 Å². The summed E-state index contributed by atoms with van der Waals surface area (Å²) in [6.45, 7) is 0. The fourth-order valence-corrected chi connectivity index (χ4v) is 0.905. The molecular formula is C7H8N4O3S. The van der Waals surface area contributed by atoms with Crippen molar-refractivity contribution in [2.45, 2.75) is 0 Å². The van der Waals surface area contributed by atoms with Crippen LogP contribution in [0.2, 0.25) is 0 Å². The first-order valence-corrected chi connectivity index (χ1v) is 4.27. The zero-order chi connectivity index (χ0) is 11.4. The van der Waals surface area contributed by atoms with Crippen LogP contribution in [-0.2, 0) is 0 Å². The number of aromatic hydroxyl groups is 1. The second-order valence-electron chi connectivity index (χ2n) is 2.52. The number of nitro groups is 1. The average Bonchev–Trinajstić information content (AvgIpc) is 2.20. The standard InChI is InChI=1S/C7H8N4O3S/c1-8-7(15)10-6-5(12)2-4(3-9-6)11(13)14/h2-3,12H,1H3,(H2,8,9,10,15). The van der Waals surface area contributed by atoms with Crippen LogP contribution in [-0.4, -0.2) is 27.2 Å². The van der Waals surface area contributed by atoms with Gasteiger partial charge in [-0.2, -0.15) is 0 Å². The topological polar surface area (TPSA) is 100 Å². The lowest BCUT2D eigenvalue weighted by Gasteiger charge is -2.06. The Morgan fingerprint density at radius 2 is 2.40 bits per heavy atom. The lowest BCUT2D eigenvalue weighted by atomic mass is 10.4. The molecule has 3 N–H and O–H groups in total. The first-order valence-electron chi connectivity index (χ1n) is 3.86. The highest BCUT2D eigenvalue weighted by molar-refractivity contribution is 7.80. The van der Waals surface area contributed by atoms with E-state index in [1.165, 1.54) is 0 Å². The summed E-state index contributed by atoms with van der Waals surface area (Å²) in [4.78, 5) is 13.3. The maximum absolute atomic E-state index is 10.3. The molecule has 0 atom stereocenters. The van der Waals surface area contributed by atoms with Gasteiger partial charge >= 0.3 is 0 Å². The summed E-state index contributed by atoms with van der Waals surface area (Å²) in [5.41, 5.74) is -0.284. The molecule has 0 radical (unpaired) electrons. The number of rotatable bonds is 2. The van der Waals surface area contributed by atoms with Gasteiger partial charge in [-0.1, -0.05) is 0 Å². The molecule has 0 unspecified atom stereocenters. The maximum atomic E-state index is 10.3. The van der Waals surface area contributed by atoms with E-state index >= 15 is 0 Å². The molecule has 15 heavy (non-hydrogen) atoms. The highest BCUT2D eigenvalue weighted by Crippen LogP contribution is 2.24. The van der Waals surface area contributed by atoms with Crippen LogP contribution >= 0.6 is 12.2 Å². The lowest BCUT2D eigenvalue weighted by Crippen LogP contribution is -2.24. The van der Waals surface area contributed by atoms with E-state index in [2.05, 4.69) is 15.6 Å². The summed E-state index contributed by atoms with van der Waals surface area (Å²) >= 11 is 4.77. The molecule has 80 valence electrons. The molecule has 0 amide bonds. The normalized spacial score (nSPS) is 9.40. The molecule has 0 aliphatic carbocycles. The average molecular weight is 228 g/mol. The number of hydrogen-bond donors (Lipinski definition) is 3. The van der Waals surface area contributed by atoms with Gasteiger partial charge in [0, 0.05) is 7.05 Å². The summed E-state index contributed by atoms with van der Waals surface area (Å²) in [7, 11) is 1.60. The van der Waals surface area contributed by atoms with E-state index in [1.54, 1.807) is 7.05 Å².